The second-order valence-electron chi connectivity index (χ2n) is 3.81. The average Bonchev–Trinajstić information content (AvgIpc) is 2.73. The van der Waals surface area contributed by atoms with E-state index in [1.54, 1.807) is 6.08 Å². The highest BCUT2D eigenvalue weighted by molar-refractivity contribution is 9.10. The normalized spacial score (nSPS) is 18.8. The molecule has 2 heterocycles. The van der Waals surface area contributed by atoms with Gasteiger partial charge in [0.2, 0.25) is 0 Å². The van der Waals surface area contributed by atoms with Crippen LogP contribution in [0.25, 0.3) is 6.08 Å². The molecule has 0 atom stereocenters. The zero-order chi connectivity index (χ0) is 12.6. The molecule has 90 valence electrons. The molecule has 1 aliphatic heterocycles. The summed E-state index contributed by atoms with van der Waals surface area (Å²) in [6, 6.07) is 1.83. The molecule has 1 aromatic heterocycles. The fourth-order valence-electron chi connectivity index (χ4n) is 1.46. The molecular formula is C11H10BrNO2S2. The number of thiophene rings is 1. The van der Waals surface area contributed by atoms with Gasteiger partial charge in [-0.3, -0.25) is 14.5 Å². The van der Waals surface area contributed by atoms with Crippen LogP contribution in [0.5, 0.6) is 0 Å². The molecule has 0 bridgehead atoms. The number of halogens is 1. The van der Waals surface area contributed by atoms with Gasteiger partial charge in [0.15, 0.2) is 0 Å². The minimum absolute atomic E-state index is 0.0940. The number of rotatable bonds is 2. The van der Waals surface area contributed by atoms with Crippen molar-refractivity contribution in [3.05, 3.63) is 25.7 Å². The summed E-state index contributed by atoms with van der Waals surface area (Å²) in [4.78, 5) is 26.4. The summed E-state index contributed by atoms with van der Waals surface area (Å²) in [5.41, 5.74) is 0. The van der Waals surface area contributed by atoms with E-state index in [1.807, 2.05) is 25.3 Å². The Morgan fingerprint density at radius 3 is 2.59 bits per heavy atom. The summed E-state index contributed by atoms with van der Waals surface area (Å²) >= 11 is 5.89. The number of hydrogen-bond donors (Lipinski definition) is 0. The zero-order valence-corrected chi connectivity index (χ0v) is 12.5. The molecule has 2 rings (SSSR count). The summed E-state index contributed by atoms with van der Waals surface area (Å²) < 4.78 is 0.983. The third-order valence-corrected chi connectivity index (χ3v) is 4.73. The van der Waals surface area contributed by atoms with Crippen LogP contribution < -0.4 is 0 Å². The van der Waals surface area contributed by atoms with Gasteiger partial charge in [-0.1, -0.05) is 0 Å². The van der Waals surface area contributed by atoms with Crippen LogP contribution in [-0.2, 0) is 4.79 Å². The Kier molecular flexibility index (Phi) is 3.75. The van der Waals surface area contributed by atoms with E-state index in [-0.39, 0.29) is 17.2 Å². The molecule has 6 heteroatoms. The van der Waals surface area contributed by atoms with E-state index >= 15 is 0 Å². The molecule has 17 heavy (non-hydrogen) atoms. The van der Waals surface area contributed by atoms with Crippen LogP contribution in [0, 0.1) is 0 Å². The molecule has 1 fully saturated rings. The molecule has 0 radical (unpaired) electrons. The van der Waals surface area contributed by atoms with Crippen molar-refractivity contribution < 1.29 is 9.59 Å². The molecule has 3 nitrogen and oxygen atoms in total. The van der Waals surface area contributed by atoms with E-state index in [0.29, 0.717) is 4.91 Å². The second kappa shape index (κ2) is 4.96. The lowest BCUT2D eigenvalue weighted by molar-refractivity contribution is -0.123. The maximum atomic E-state index is 12.0. The van der Waals surface area contributed by atoms with Gasteiger partial charge < -0.3 is 0 Å². The Bertz CT molecular complexity index is 507. The lowest BCUT2D eigenvalue weighted by Gasteiger charge is -2.16. The summed E-state index contributed by atoms with van der Waals surface area (Å²) in [6.07, 6.45) is 1.77. The van der Waals surface area contributed by atoms with Gasteiger partial charge in [0.05, 0.1) is 4.91 Å². The summed E-state index contributed by atoms with van der Waals surface area (Å²) in [5, 5.41) is 1.75. The second-order valence-corrected chi connectivity index (χ2v) is 6.66. The fraction of sp³-hybridized carbons (Fsp3) is 0.273. The van der Waals surface area contributed by atoms with Gasteiger partial charge in [-0.25, -0.2) is 0 Å². The highest BCUT2D eigenvalue weighted by Crippen LogP contribution is 2.34. The molecule has 0 N–H and O–H groups in total. The first-order valence-corrected chi connectivity index (χ1v) is 7.49. The third kappa shape index (κ3) is 2.64. The van der Waals surface area contributed by atoms with Crippen LogP contribution in [0.4, 0.5) is 4.79 Å². The van der Waals surface area contributed by atoms with Crippen LogP contribution in [-0.4, -0.2) is 22.1 Å². The predicted octanol–water partition coefficient (Wildman–Crippen LogP) is 3.96. The standard InChI is InChI=1S/C11H10BrNO2S2/c1-6(2)13-10(14)9(17-11(13)15)4-8-3-7(12)5-16-8/h3-6H,1-2H3. The lowest BCUT2D eigenvalue weighted by Crippen LogP contribution is -2.34. The van der Waals surface area contributed by atoms with Crippen molar-refractivity contribution >= 4 is 56.3 Å². The molecule has 0 unspecified atom stereocenters. The first-order valence-electron chi connectivity index (χ1n) is 5.00. The van der Waals surface area contributed by atoms with E-state index in [9.17, 15) is 9.59 Å². The van der Waals surface area contributed by atoms with Crippen LogP contribution >= 0.6 is 39.0 Å². The van der Waals surface area contributed by atoms with Crippen molar-refractivity contribution in [3.8, 4) is 0 Å². The Balaban J connectivity index is 2.28. The van der Waals surface area contributed by atoms with Crippen LogP contribution in [0.2, 0.25) is 0 Å². The number of hydrogen-bond acceptors (Lipinski definition) is 4. The predicted molar refractivity (Wildman–Crippen MR) is 75.0 cm³/mol. The molecule has 0 aliphatic carbocycles. The Hall–Kier alpha value is -0.590. The van der Waals surface area contributed by atoms with Gasteiger partial charge in [-0.2, -0.15) is 0 Å². The third-order valence-electron chi connectivity index (χ3n) is 2.20. The maximum absolute atomic E-state index is 12.0. The highest BCUT2D eigenvalue weighted by atomic mass is 79.9. The van der Waals surface area contributed by atoms with Crippen molar-refractivity contribution in [3.63, 3.8) is 0 Å². The fourth-order valence-corrected chi connectivity index (χ4v) is 3.86. The molecule has 0 saturated carbocycles. The number of nitrogens with zero attached hydrogens (tertiary/aromatic N) is 1. The van der Waals surface area contributed by atoms with E-state index in [0.717, 1.165) is 21.1 Å². The molecule has 1 aliphatic rings. The van der Waals surface area contributed by atoms with Crippen molar-refractivity contribution in [2.45, 2.75) is 19.9 Å². The van der Waals surface area contributed by atoms with E-state index in [2.05, 4.69) is 15.9 Å². The van der Waals surface area contributed by atoms with Gasteiger partial charge in [0.25, 0.3) is 11.1 Å². The first kappa shape index (κ1) is 12.9. The number of carbonyl (C=O) groups excluding carboxylic acids is 2. The number of amides is 2. The van der Waals surface area contributed by atoms with Gasteiger partial charge >= 0.3 is 0 Å². The molecule has 0 spiro atoms. The number of carbonyl (C=O) groups is 2. The molecular weight excluding hydrogens is 322 g/mol. The van der Waals surface area contributed by atoms with Crippen molar-refractivity contribution in [2.75, 3.05) is 0 Å². The Morgan fingerprint density at radius 1 is 1.41 bits per heavy atom. The largest absolute Gasteiger partial charge is 0.293 e. The topological polar surface area (TPSA) is 37.4 Å². The Labute approximate surface area is 116 Å². The van der Waals surface area contributed by atoms with E-state index < -0.39 is 0 Å². The number of imide groups is 1. The smallest absolute Gasteiger partial charge is 0.268 e. The zero-order valence-electron chi connectivity index (χ0n) is 9.27. The summed E-state index contributed by atoms with van der Waals surface area (Å²) in [7, 11) is 0. The molecule has 0 aromatic carbocycles. The molecule has 1 saturated heterocycles. The van der Waals surface area contributed by atoms with Crippen LogP contribution in [0.15, 0.2) is 20.8 Å². The van der Waals surface area contributed by atoms with Crippen molar-refractivity contribution in [2.24, 2.45) is 0 Å². The van der Waals surface area contributed by atoms with Crippen LogP contribution in [0.1, 0.15) is 18.7 Å². The van der Waals surface area contributed by atoms with Crippen molar-refractivity contribution in [1.29, 1.82) is 0 Å². The van der Waals surface area contributed by atoms with E-state index in [1.165, 1.54) is 16.2 Å². The van der Waals surface area contributed by atoms with Gasteiger partial charge in [0.1, 0.15) is 0 Å². The maximum Gasteiger partial charge on any atom is 0.293 e. The Morgan fingerprint density at radius 2 is 2.12 bits per heavy atom. The number of thioether (sulfide) groups is 1. The molecule has 2 amide bonds. The van der Waals surface area contributed by atoms with Gasteiger partial charge in [0, 0.05) is 20.8 Å². The quantitative estimate of drug-likeness (QED) is 0.770. The monoisotopic (exact) mass is 331 g/mol. The van der Waals surface area contributed by atoms with Gasteiger partial charge in [-0.05, 0) is 53.7 Å². The minimum Gasteiger partial charge on any atom is -0.268 e. The summed E-state index contributed by atoms with van der Waals surface area (Å²) in [5.74, 6) is -0.195. The average molecular weight is 332 g/mol. The van der Waals surface area contributed by atoms with Crippen LogP contribution in [0.3, 0.4) is 0 Å². The summed E-state index contributed by atoms with van der Waals surface area (Å²) in [6.45, 7) is 3.67. The first-order chi connectivity index (χ1) is 7.99. The lowest BCUT2D eigenvalue weighted by atomic mass is 10.3. The van der Waals surface area contributed by atoms with Gasteiger partial charge in [-0.15, -0.1) is 11.3 Å². The van der Waals surface area contributed by atoms with Crippen molar-refractivity contribution in [1.82, 2.24) is 4.90 Å². The minimum atomic E-state index is -0.195. The van der Waals surface area contributed by atoms with E-state index in [4.69, 9.17) is 0 Å². The molecule has 1 aromatic rings. The SMILES string of the molecule is CC(C)N1C(=O)SC(=Cc2cc(Br)cs2)C1=O. The highest BCUT2D eigenvalue weighted by Gasteiger charge is 2.36.